The van der Waals surface area contributed by atoms with Crippen molar-refractivity contribution in [1.82, 2.24) is 19.9 Å². The van der Waals surface area contributed by atoms with Crippen molar-refractivity contribution in [1.29, 1.82) is 0 Å². The zero-order chi connectivity index (χ0) is 17.1. The van der Waals surface area contributed by atoms with Gasteiger partial charge in [-0.1, -0.05) is 6.42 Å². The highest BCUT2D eigenvalue weighted by Gasteiger charge is 2.24. The summed E-state index contributed by atoms with van der Waals surface area (Å²) in [6, 6.07) is 4.09. The molecule has 2 aliphatic rings. The van der Waals surface area contributed by atoms with Gasteiger partial charge in [-0.3, -0.25) is 0 Å². The van der Waals surface area contributed by atoms with Gasteiger partial charge in [0.05, 0.1) is 0 Å². The third kappa shape index (κ3) is 3.50. The van der Waals surface area contributed by atoms with Crippen LogP contribution >= 0.6 is 0 Å². The zero-order valence-electron chi connectivity index (χ0n) is 14.7. The van der Waals surface area contributed by atoms with Gasteiger partial charge < -0.3 is 15.1 Å². The topological polar surface area (TPSA) is 70.1 Å². The smallest absolute Gasteiger partial charge is 0.227 e. The summed E-state index contributed by atoms with van der Waals surface area (Å²) in [7, 11) is 0. The van der Waals surface area contributed by atoms with Crippen LogP contribution in [-0.2, 0) is 0 Å². The van der Waals surface area contributed by atoms with E-state index >= 15 is 0 Å². The van der Waals surface area contributed by atoms with Gasteiger partial charge in [-0.25, -0.2) is 15.0 Å². The third-order valence-electron chi connectivity index (χ3n) is 5.08. The first-order valence-corrected chi connectivity index (χ1v) is 9.22. The Morgan fingerprint density at radius 2 is 1.88 bits per heavy atom. The van der Waals surface area contributed by atoms with E-state index in [1.807, 2.05) is 12.3 Å². The molecule has 2 aromatic heterocycles. The number of hydrogen-bond donors (Lipinski definition) is 1. The first-order valence-electron chi connectivity index (χ1n) is 9.22. The molecule has 1 aliphatic carbocycles. The summed E-state index contributed by atoms with van der Waals surface area (Å²) in [6.45, 7) is 6.59. The molecular weight excluding hydrogens is 314 g/mol. The number of aromatic nitrogens is 4. The maximum atomic E-state index is 4.60. The summed E-state index contributed by atoms with van der Waals surface area (Å²) >= 11 is 0. The zero-order valence-corrected chi connectivity index (χ0v) is 14.7. The summed E-state index contributed by atoms with van der Waals surface area (Å²) in [4.78, 5) is 22.6. The molecule has 0 aromatic carbocycles. The quantitative estimate of drug-likeness (QED) is 0.896. The van der Waals surface area contributed by atoms with E-state index in [0.717, 1.165) is 50.3 Å². The highest BCUT2D eigenvalue weighted by atomic mass is 15.3. The Kier molecular flexibility index (Phi) is 4.63. The van der Waals surface area contributed by atoms with Gasteiger partial charge in [0, 0.05) is 56.6 Å². The first-order chi connectivity index (χ1) is 12.3. The molecule has 0 bridgehead atoms. The molecule has 1 N–H and O–H groups in total. The monoisotopic (exact) mass is 339 g/mol. The molecule has 2 aromatic rings. The predicted molar refractivity (Wildman–Crippen MR) is 99.2 cm³/mol. The van der Waals surface area contributed by atoms with Crippen molar-refractivity contribution in [3.63, 3.8) is 0 Å². The second-order valence-electron chi connectivity index (χ2n) is 6.68. The molecule has 0 radical (unpaired) electrons. The molecule has 1 saturated carbocycles. The van der Waals surface area contributed by atoms with Crippen molar-refractivity contribution in [2.75, 3.05) is 47.8 Å². The molecule has 7 heteroatoms. The average Bonchev–Trinajstić information content (AvgIpc) is 2.61. The molecule has 0 spiro atoms. The molecule has 7 nitrogen and oxygen atoms in total. The van der Waals surface area contributed by atoms with E-state index in [4.69, 9.17) is 0 Å². The van der Waals surface area contributed by atoms with Crippen molar-refractivity contribution in [3.8, 4) is 0 Å². The number of hydrogen-bond acceptors (Lipinski definition) is 7. The maximum absolute atomic E-state index is 4.60. The van der Waals surface area contributed by atoms with E-state index in [1.165, 1.54) is 25.0 Å². The van der Waals surface area contributed by atoms with Crippen LogP contribution in [0.3, 0.4) is 0 Å². The Labute approximate surface area is 148 Å². The van der Waals surface area contributed by atoms with E-state index in [-0.39, 0.29) is 0 Å². The number of anilines is 3. The minimum atomic E-state index is 0.644. The van der Waals surface area contributed by atoms with Crippen LogP contribution in [0.1, 0.15) is 37.8 Å². The Morgan fingerprint density at radius 3 is 2.60 bits per heavy atom. The van der Waals surface area contributed by atoms with Gasteiger partial charge >= 0.3 is 0 Å². The molecule has 1 saturated heterocycles. The number of nitrogens with zero attached hydrogens (tertiary/aromatic N) is 6. The van der Waals surface area contributed by atoms with Crippen LogP contribution in [0.5, 0.6) is 0 Å². The van der Waals surface area contributed by atoms with E-state index in [2.05, 4.69) is 48.0 Å². The van der Waals surface area contributed by atoms with Crippen molar-refractivity contribution in [2.24, 2.45) is 0 Å². The SMILES string of the molecule is CCNc1ccnc(N2CCN(c3cc(C4CCC4)ncn3)CC2)n1. The fraction of sp³-hybridized carbons (Fsp3) is 0.556. The average molecular weight is 339 g/mol. The molecular formula is C18H25N7. The molecule has 0 atom stereocenters. The molecule has 0 amide bonds. The lowest BCUT2D eigenvalue weighted by molar-refractivity contribution is 0.410. The molecule has 0 unspecified atom stereocenters. The van der Waals surface area contributed by atoms with Gasteiger partial charge in [0.2, 0.25) is 5.95 Å². The van der Waals surface area contributed by atoms with Gasteiger partial charge in [-0.15, -0.1) is 0 Å². The van der Waals surface area contributed by atoms with E-state index in [1.54, 1.807) is 6.33 Å². The Bertz CT molecular complexity index is 708. The van der Waals surface area contributed by atoms with Crippen LogP contribution in [0.4, 0.5) is 17.6 Å². The maximum Gasteiger partial charge on any atom is 0.227 e. The van der Waals surface area contributed by atoms with Crippen LogP contribution in [0, 0.1) is 0 Å². The summed E-state index contributed by atoms with van der Waals surface area (Å²) in [5, 5.41) is 3.24. The largest absolute Gasteiger partial charge is 0.370 e. The Hall–Kier alpha value is -2.44. The Morgan fingerprint density at radius 1 is 1.08 bits per heavy atom. The molecule has 1 aliphatic heterocycles. The number of rotatable bonds is 5. The van der Waals surface area contributed by atoms with E-state index in [9.17, 15) is 0 Å². The van der Waals surface area contributed by atoms with Gasteiger partial charge in [0.1, 0.15) is 18.0 Å². The normalized spacial score (nSPS) is 18.1. The molecule has 25 heavy (non-hydrogen) atoms. The van der Waals surface area contributed by atoms with Gasteiger partial charge in [-0.05, 0) is 25.8 Å². The highest BCUT2D eigenvalue weighted by molar-refractivity contribution is 5.45. The molecule has 3 heterocycles. The minimum Gasteiger partial charge on any atom is -0.370 e. The molecule has 2 fully saturated rings. The summed E-state index contributed by atoms with van der Waals surface area (Å²) < 4.78 is 0. The number of piperazine rings is 1. The van der Waals surface area contributed by atoms with E-state index in [0.29, 0.717) is 5.92 Å². The first kappa shape index (κ1) is 16.1. The van der Waals surface area contributed by atoms with Crippen LogP contribution in [0.25, 0.3) is 0 Å². The third-order valence-corrected chi connectivity index (χ3v) is 5.08. The Balaban J connectivity index is 1.40. The van der Waals surface area contributed by atoms with Crippen molar-refractivity contribution >= 4 is 17.6 Å². The second-order valence-corrected chi connectivity index (χ2v) is 6.68. The summed E-state index contributed by atoms with van der Waals surface area (Å²) in [6.07, 6.45) is 7.41. The summed E-state index contributed by atoms with van der Waals surface area (Å²) in [5.74, 6) is 3.39. The lowest BCUT2D eigenvalue weighted by Crippen LogP contribution is -2.47. The fourth-order valence-corrected chi connectivity index (χ4v) is 3.38. The molecule has 4 rings (SSSR count). The van der Waals surface area contributed by atoms with Crippen molar-refractivity contribution in [2.45, 2.75) is 32.1 Å². The van der Waals surface area contributed by atoms with Crippen LogP contribution in [-0.4, -0.2) is 52.7 Å². The van der Waals surface area contributed by atoms with E-state index < -0.39 is 0 Å². The predicted octanol–water partition coefficient (Wildman–Crippen LogP) is 2.29. The van der Waals surface area contributed by atoms with Crippen LogP contribution in [0.15, 0.2) is 24.7 Å². The van der Waals surface area contributed by atoms with Gasteiger partial charge in [0.15, 0.2) is 0 Å². The standard InChI is InChI=1S/C18H25N7/c1-2-19-16-6-7-20-18(23-16)25-10-8-24(9-11-25)17-12-15(21-13-22-17)14-4-3-5-14/h6-7,12-14H,2-5,8-11H2,1H3,(H,19,20,23). The fourth-order valence-electron chi connectivity index (χ4n) is 3.38. The van der Waals surface area contributed by atoms with Crippen LogP contribution < -0.4 is 15.1 Å². The minimum absolute atomic E-state index is 0.644. The lowest BCUT2D eigenvalue weighted by atomic mass is 9.83. The van der Waals surface area contributed by atoms with Gasteiger partial charge in [0.25, 0.3) is 0 Å². The number of nitrogens with one attached hydrogen (secondary N) is 1. The van der Waals surface area contributed by atoms with Crippen molar-refractivity contribution < 1.29 is 0 Å². The van der Waals surface area contributed by atoms with Crippen molar-refractivity contribution in [3.05, 3.63) is 30.4 Å². The lowest BCUT2D eigenvalue weighted by Gasteiger charge is -2.35. The summed E-state index contributed by atoms with van der Waals surface area (Å²) in [5.41, 5.74) is 1.21. The van der Waals surface area contributed by atoms with Crippen LogP contribution in [0.2, 0.25) is 0 Å². The van der Waals surface area contributed by atoms with Gasteiger partial charge in [-0.2, -0.15) is 4.98 Å². The highest BCUT2D eigenvalue weighted by Crippen LogP contribution is 2.35. The molecule has 132 valence electrons. The second kappa shape index (κ2) is 7.21.